The van der Waals surface area contributed by atoms with Gasteiger partial charge in [-0.3, -0.25) is 4.21 Å². The minimum absolute atomic E-state index is 0.321. The lowest BCUT2D eigenvalue weighted by atomic mass is 9.95. The summed E-state index contributed by atoms with van der Waals surface area (Å²) in [5.74, 6) is 2.36. The maximum absolute atomic E-state index is 12.0. The minimum Gasteiger partial charge on any atom is -0.366 e. The highest BCUT2D eigenvalue weighted by molar-refractivity contribution is 7.85. The third kappa shape index (κ3) is 3.07. The van der Waals surface area contributed by atoms with Crippen LogP contribution in [0, 0.1) is 6.92 Å². The summed E-state index contributed by atoms with van der Waals surface area (Å²) in [7, 11) is -0.697. The molecule has 21 heavy (non-hydrogen) atoms. The molecule has 2 aromatic heterocycles. The third-order valence-corrected chi connectivity index (χ3v) is 5.79. The molecular weight excluding hydrogens is 286 g/mol. The van der Waals surface area contributed by atoms with Crippen molar-refractivity contribution in [3.63, 3.8) is 0 Å². The Bertz CT molecular complexity index is 656. The quantitative estimate of drug-likeness (QED) is 0.934. The van der Waals surface area contributed by atoms with E-state index in [1.807, 2.05) is 26.0 Å². The summed E-state index contributed by atoms with van der Waals surface area (Å²) in [5.41, 5.74) is 0.756. The van der Waals surface area contributed by atoms with Crippen molar-refractivity contribution >= 4 is 22.3 Å². The Kier molecular flexibility index (Phi) is 4.19. The Morgan fingerprint density at radius 2 is 2.24 bits per heavy atom. The van der Waals surface area contributed by atoms with Gasteiger partial charge in [0.1, 0.15) is 5.82 Å². The van der Waals surface area contributed by atoms with Crippen LogP contribution in [-0.2, 0) is 10.8 Å². The van der Waals surface area contributed by atoms with E-state index in [0.717, 1.165) is 48.7 Å². The molecule has 0 spiro atoms. The molecule has 1 aliphatic rings. The molecule has 7 heteroatoms. The van der Waals surface area contributed by atoms with Gasteiger partial charge >= 0.3 is 0 Å². The van der Waals surface area contributed by atoms with E-state index in [-0.39, 0.29) is 0 Å². The van der Waals surface area contributed by atoms with Crippen LogP contribution in [0.4, 0.5) is 5.82 Å². The highest BCUT2D eigenvalue weighted by Crippen LogP contribution is 2.25. The zero-order valence-electron chi connectivity index (χ0n) is 12.5. The second-order valence-corrected chi connectivity index (χ2v) is 7.54. The summed E-state index contributed by atoms with van der Waals surface area (Å²) in [6.07, 6.45) is 4.28. The van der Waals surface area contributed by atoms with E-state index in [9.17, 15) is 4.21 Å². The van der Waals surface area contributed by atoms with Crippen molar-refractivity contribution in [2.45, 2.75) is 50.8 Å². The number of hydrogen-bond acceptors (Lipinski definition) is 5. The number of hydrogen-bond donors (Lipinski definition) is 1. The van der Waals surface area contributed by atoms with Gasteiger partial charge in [-0.1, -0.05) is 13.3 Å². The van der Waals surface area contributed by atoms with Crippen molar-refractivity contribution in [3.05, 3.63) is 18.0 Å². The van der Waals surface area contributed by atoms with Crippen LogP contribution < -0.4 is 5.32 Å². The Morgan fingerprint density at radius 1 is 1.38 bits per heavy atom. The van der Waals surface area contributed by atoms with Gasteiger partial charge in [0.25, 0.3) is 0 Å². The number of aromatic nitrogens is 4. The fourth-order valence-corrected chi connectivity index (χ4v) is 4.28. The first-order valence-electron chi connectivity index (χ1n) is 7.50. The van der Waals surface area contributed by atoms with Crippen molar-refractivity contribution in [2.75, 3.05) is 11.1 Å². The fraction of sp³-hybridized carbons (Fsp3) is 0.643. The van der Waals surface area contributed by atoms with Crippen LogP contribution in [0.15, 0.2) is 12.1 Å². The lowest BCUT2D eigenvalue weighted by molar-refractivity contribution is 0.464. The molecule has 3 atom stereocenters. The molecule has 114 valence electrons. The summed E-state index contributed by atoms with van der Waals surface area (Å²) in [5, 5.41) is 16.4. The molecule has 3 unspecified atom stereocenters. The molecule has 1 fully saturated rings. The van der Waals surface area contributed by atoms with Gasteiger partial charge < -0.3 is 5.32 Å². The normalized spacial score (nSPS) is 24.1. The van der Waals surface area contributed by atoms with Crippen molar-refractivity contribution in [1.29, 1.82) is 0 Å². The van der Waals surface area contributed by atoms with Crippen LogP contribution >= 0.6 is 0 Å². The van der Waals surface area contributed by atoms with Crippen LogP contribution in [0.5, 0.6) is 0 Å². The molecule has 1 aliphatic carbocycles. The van der Waals surface area contributed by atoms with Crippen LogP contribution in [0.25, 0.3) is 5.65 Å². The maximum Gasteiger partial charge on any atom is 0.178 e. The van der Waals surface area contributed by atoms with Gasteiger partial charge in [-0.05, 0) is 38.3 Å². The minimum atomic E-state index is -0.697. The van der Waals surface area contributed by atoms with E-state index < -0.39 is 10.8 Å². The molecule has 3 rings (SSSR count). The van der Waals surface area contributed by atoms with Crippen LogP contribution in [0.1, 0.15) is 38.4 Å². The van der Waals surface area contributed by atoms with Gasteiger partial charge in [0, 0.05) is 27.8 Å². The molecule has 6 nitrogen and oxygen atoms in total. The average molecular weight is 307 g/mol. The number of nitrogens with one attached hydrogen (secondary N) is 1. The number of fused-ring (bicyclic) bond motifs is 1. The zero-order chi connectivity index (χ0) is 14.8. The third-order valence-electron chi connectivity index (χ3n) is 4.05. The molecule has 2 heterocycles. The van der Waals surface area contributed by atoms with Crippen LogP contribution in [0.2, 0.25) is 0 Å². The maximum atomic E-state index is 12.0. The highest BCUT2D eigenvalue weighted by atomic mass is 32.2. The Morgan fingerprint density at radius 3 is 3.05 bits per heavy atom. The first kappa shape index (κ1) is 14.4. The van der Waals surface area contributed by atoms with Crippen molar-refractivity contribution < 1.29 is 4.21 Å². The van der Waals surface area contributed by atoms with E-state index in [4.69, 9.17) is 0 Å². The van der Waals surface area contributed by atoms with Crippen molar-refractivity contribution in [1.82, 2.24) is 19.8 Å². The van der Waals surface area contributed by atoms with Gasteiger partial charge in [-0.2, -0.15) is 4.52 Å². The van der Waals surface area contributed by atoms with Gasteiger partial charge in [0.2, 0.25) is 0 Å². The smallest absolute Gasteiger partial charge is 0.178 e. The molecular formula is C14H21N5OS. The van der Waals surface area contributed by atoms with Gasteiger partial charge in [0.15, 0.2) is 11.5 Å². The lowest BCUT2D eigenvalue weighted by Crippen LogP contribution is -2.33. The standard InChI is InChI=1S/C14H21N5OS/c1-3-21(20)12-6-4-5-11(9-12)15-13-7-8-14-17-16-10(2)19(14)18-13/h7-8,11-12H,3-6,9H2,1-2H3,(H,15,18). The summed E-state index contributed by atoms with van der Waals surface area (Å²) < 4.78 is 13.7. The first-order valence-corrected chi connectivity index (χ1v) is 8.88. The average Bonchev–Trinajstić information content (AvgIpc) is 2.88. The van der Waals surface area contributed by atoms with E-state index in [0.29, 0.717) is 11.3 Å². The molecule has 0 bridgehead atoms. The molecule has 0 radical (unpaired) electrons. The van der Waals surface area contributed by atoms with Gasteiger partial charge in [0.05, 0.1) is 0 Å². The number of anilines is 1. The monoisotopic (exact) mass is 307 g/mol. The predicted octanol–water partition coefficient (Wildman–Crippen LogP) is 1.92. The van der Waals surface area contributed by atoms with E-state index >= 15 is 0 Å². The number of rotatable bonds is 4. The second kappa shape index (κ2) is 6.09. The summed E-state index contributed by atoms with van der Waals surface area (Å²) in [4.78, 5) is 0. The summed E-state index contributed by atoms with van der Waals surface area (Å²) in [6.45, 7) is 3.88. The Labute approximate surface area is 126 Å². The summed E-state index contributed by atoms with van der Waals surface area (Å²) >= 11 is 0. The van der Waals surface area contributed by atoms with Gasteiger partial charge in [-0.15, -0.1) is 15.3 Å². The van der Waals surface area contributed by atoms with Crippen molar-refractivity contribution in [3.8, 4) is 0 Å². The summed E-state index contributed by atoms with van der Waals surface area (Å²) in [6, 6.07) is 4.20. The van der Waals surface area contributed by atoms with E-state index in [2.05, 4.69) is 20.6 Å². The molecule has 1 N–H and O–H groups in total. The molecule has 1 saturated carbocycles. The first-order chi connectivity index (χ1) is 10.2. The predicted molar refractivity (Wildman–Crippen MR) is 83.9 cm³/mol. The fourth-order valence-electron chi connectivity index (χ4n) is 2.93. The molecule has 0 amide bonds. The van der Waals surface area contributed by atoms with Crippen LogP contribution in [0.3, 0.4) is 0 Å². The lowest BCUT2D eigenvalue weighted by Gasteiger charge is -2.29. The second-order valence-electron chi connectivity index (χ2n) is 5.54. The molecule has 0 saturated heterocycles. The van der Waals surface area contributed by atoms with Crippen LogP contribution in [-0.4, -0.2) is 41.1 Å². The largest absolute Gasteiger partial charge is 0.366 e. The van der Waals surface area contributed by atoms with Crippen molar-refractivity contribution in [2.24, 2.45) is 0 Å². The SMILES string of the molecule is CCS(=O)C1CCCC(Nc2ccc3nnc(C)n3n2)C1. The van der Waals surface area contributed by atoms with E-state index in [1.165, 1.54) is 0 Å². The highest BCUT2D eigenvalue weighted by Gasteiger charge is 2.25. The topological polar surface area (TPSA) is 72.2 Å². The molecule has 2 aromatic rings. The molecule has 0 aliphatic heterocycles. The Balaban J connectivity index is 1.72. The number of aryl methyl sites for hydroxylation is 1. The zero-order valence-corrected chi connectivity index (χ0v) is 13.3. The molecule has 0 aromatic carbocycles. The number of nitrogens with zero attached hydrogens (tertiary/aromatic N) is 4. The van der Waals surface area contributed by atoms with E-state index in [1.54, 1.807) is 4.52 Å². The Hall–Kier alpha value is -1.50. The van der Waals surface area contributed by atoms with Gasteiger partial charge in [-0.25, -0.2) is 0 Å².